The Balaban J connectivity index is 1.40. The fraction of sp³-hybridized carbons (Fsp3) is 0.200. The Kier molecular flexibility index (Phi) is 7.54. The number of ether oxygens (including phenoxy) is 1. The third-order valence-electron chi connectivity index (χ3n) is 5.67. The van der Waals surface area contributed by atoms with Gasteiger partial charge in [0.2, 0.25) is 0 Å². The third kappa shape index (κ3) is 5.80. The second-order valence-electron chi connectivity index (χ2n) is 8.21. The van der Waals surface area contributed by atoms with Gasteiger partial charge in [-0.1, -0.05) is 55.5 Å². The molecule has 4 aromatic rings. The summed E-state index contributed by atoms with van der Waals surface area (Å²) in [6.07, 6.45) is 3.66. The minimum atomic E-state index is -0.887. The van der Waals surface area contributed by atoms with E-state index >= 15 is 0 Å². The molecule has 0 unspecified atom stereocenters. The van der Waals surface area contributed by atoms with E-state index in [1.165, 1.54) is 23.8 Å². The van der Waals surface area contributed by atoms with Gasteiger partial charge in [-0.3, -0.25) is 0 Å². The number of fused-ring (bicyclic) bond motifs is 1. The molecule has 0 atom stereocenters. The van der Waals surface area contributed by atoms with Crippen LogP contribution in [-0.4, -0.2) is 6.61 Å². The number of hydrogen-bond acceptors (Lipinski definition) is 1. The van der Waals surface area contributed by atoms with Crippen LogP contribution < -0.4 is 4.74 Å². The SMILES string of the molecule is CCCCOc1ccc(CCc2ccc(C#Cc3ccc4c(F)c(F)ccc4c3)c(F)c2)cc1. The molecular formula is C30H25F3O. The molecule has 34 heavy (non-hydrogen) atoms. The first-order valence-electron chi connectivity index (χ1n) is 11.4. The molecule has 0 radical (unpaired) electrons. The Hall–Kier alpha value is -3.71. The molecule has 0 saturated heterocycles. The topological polar surface area (TPSA) is 9.23 Å². The zero-order valence-corrected chi connectivity index (χ0v) is 19.0. The van der Waals surface area contributed by atoms with Crippen molar-refractivity contribution in [2.75, 3.05) is 6.61 Å². The number of hydrogen-bond donors (Lipinski definition) is 0. The molecule has 0 aliphatic heterocycles. The van der Waals surface area contributed by atoms with E-state index in [9.17, 15) is 13.2 Å². The zero-order chi connectivity index (χ0) is 23.9. The molecule has 0 amide bonds. The molecule has 0 aliphatic rings. The van der Waals surface area contributed by atoms with Gasteiger partial charge in [0, 0.05) is 10.9 Å². The van der Waals surface area contributed by atoms with Gasteiger partial charge in [0.1, 0.15) is 11.6 Å². The highest BCUT2D eigenvalue weighted by Gasteiger charge is 2.07. The molecular weight excluding hydrogens is 433 g/mol. The first kappa shape index (κ1) is 23.4. The molecule has 4 heteroatoms. The smallest absolute Gasteiger partial charge is 0.166 e. The number of halogens is 3. The minimum absolute atomic E-state index is 0.194. The lowest BCUT2D eigenvalue weighted by molar-refractivity contribution is 0.309. The van der Waals surface area contributed by atoms with Gasteiger partial charge in [-0.05, 0) is 78.2 Å². The van der Waals surface area contributed by atoms with E-state index in [1.54, 1.807) is 18.2 Å². The highest BCUT2D eigenvalue weighted by Crippen LogP contribution is 2.22. The summed E-state index contributed by atoms with van der Waals surface area (Å²) in [4.78, 5) is 0. The molecule has 0 fully saturated rings. The molecule has 0 aromatic heterocycles. The van der Waals surface area contributed by atoms with E-state index in [0.717, 1.165) is 43.2 Å². The van der Waals surface area contributed by atoms with E-state index in [4.69, 9.17) is 4.74 Å². The first-order valence-corrected chi connectivity index (χ1v) is 11.4. The van der Waals surface area contributed by atoms with Crippen molar-refractivity contribution in [3.63, 3.8) is 0 Å². The maximum Gasteiger partial charge on any atom is 0.166 e. The number of benzene rings is 4. The maximum atomic E-state index is 14.6. The van der Waals surface area contributed by atoms with Crippen LogP contribution in [0.15, 0.2) is 72.8 Å². The summed E-state index contributed by atoms with van der Waals surface area (Å²) in [5, 5.41) is 0.738. The van der Waals surface area contributed by atoms with E-state index < -0.39 is 11.6 Å². The fourth-order valence-corrected chi connectivity index (χ4v) is 3.67. The van der Waals surface area contributed by atoms with E-state index in [2.05, 4.69) is 18.8 Å². The summed E-state index contributed by atoms with van der Waals surface area (Å²) in [6, 6.07) is 20.5. The Bertz CT molecular complexity index is 1350. The summed E-state index contributed by atoms with van der Waals surface area (Å²) in [7, 11) is 0. The standard InChI is InChI=1S/C30H25F3O/c1-2-3-18-34-26-14-8-21(9-15-26)4-5-23-7-12-24(29(32)20-23)11-6-22-10-16-27-25(19-22)13-17-28(31)30(27)33/h7-10,12-17,19-20H,2-5,18H2,1H3. The van der Waals surface area contributed by atoms with Gasteiger partial charge < -0.3 is 4.74 Å². The second kappa shape index (κ2) is 10.9. The number of rotatable bonds is 7. The van der Waals surface area contributed by atoms with Gasteiger partial charge >= 0.3 is 0 Å². The summed E-state index contributed by atoms with van der Waals surface area (Å²) in [5.74, 6) is 4.48. The molecule has 4 aromatic carbocycles. The van der Waals surface area contributed by atoms with Gasteiger partial charge in [0.15, 0.2) is 11.6 Å². The van der Waals surface area contributed by atoms with Crippen molar-refractivity contribution < 1.29 is 17.9 Å². The molecule has 0 aliphatic carbocycles. The lowest BCUT2D eigenvalue weighted by atomic mass is 10.0. The van der Waals surface area contributed by atoms with E-state index in [0.29, 0.717) is 22.9 Å². The Morgan fingerprint density at radius 2 is 1.50 bits per heavy atom. The van der Waals surface area contributed by atoms with Crippen molar-refractivity contribution in [1.29, 1.82) is 0 Å². The van der Waals surface area contributed by atoms with Crippen LogP contribution in [-0.2, 0) is 12.8 Å². The van der Waals surface area contributed by atoms with Gasteiger partial charge in [0.05, 0.1) is 12.2 Å². The Morgan fingerprint density at radius 1 is 0.735 bits per heavy atom. The normalized spacial score (nSPS) is 10.7. The Morgan fingerprint density at radius 3 is 2.26 bits per heavy atom. The molecule has 0 N–H and O–H groups in total. The lowest BCUT2D eigenvalue weighted by Gasteiger charge is -2.07. The van der Waals surface area contributed by atoms with Crippen LogP contribution in [0.3, 0.4) is 0 Å². The number of unbranched alkanes of at least 4 members (excludes halogenated alkanes) is 1. The molecule has 0 saturated carbocycles. The monoisotopic (exact) mass is 458 g/mol. The van der Waals surface area contributed by atoms with Crippen LogP contribution in [0.4, 0.5) is 13.2 Å². The van der Waals surface area contributed by atoms with Gasteiger partial charge in [-0.15, -0.1) is 0 Å². The molecule has 172 valence electrons. The summed E-state index contributed by atoms with van der Waals surface area (Å²) in [6.45, 7) is 2.86. The molecule has 1 nitrogen and oxygen atoms in total. The first-order chi connectivity index (χ1) is 16.5. The minimum Gasteiger partial charge on any atom is -0.494 e. The summed E-state index contributed by atoms with van der Waals surface area (Å²) in [5.41, 5.74) is 2.96. The van der Waals surface area contributed by atoms with Crippen molar-refractivity contribution >= 4 is 10.8 Å². The van der Waals surface area contributed by atoms with Crippen LogP contribution >= 0.6 is 0 Å². The van der Waals surface area contributed by atoms with Crippen LogP contribution in [0, 0.1) is 29.3 Å². The fourth-order valence-electron chi connectivity index (χ4n) is 3.67. The van der Waals surface area contributed by atoms with Crippen LogP contribution in [0.1, 0.15) is 42.0 Å². The largest absolute Gasteiger partial charge is 0.494 e. The number of aryl methyl sites for hydroxylation is 2. The summed E-state index contributed by atoms with van der Waals surface area (Å²) >= 11 is 0. The molecule has 0 spiro atoms. The van der Waals surface area contributed by atoms with Crippen molar-refractivity contribution in [3.8, 4) is 17.6 Å². The average Bonchev–Trinajstić information content (AvgIpc) is 2.85. The lowest BCUT2D eigenvalue weighted by Crippen LogP contribution is -1.97. The average molecular weight is 459 g/mol. The predicted molar refractivity (Wildman–Crippen MR) is 130 cm³/mol. The van der Waals surface area contributed by atoms with Crippen LogP contribution in [0.25, 0.3) is 10.8 Å². The highest BCUT2D eigenvalue weighted by molar-refractivity contribution is 5.84. The van der Waals surface area contributed by atoms with Gasteiger partial charge in [0.25, 0.3) is 0 Å². The molecule has 4 rings (SSSR count). The van der Waals surface area contributed by atoms with E-state index in [1.807, 2.05) is 30.3 Å². The zero-order valence-electron chi connectivity index (χ0n) is 19.0. The molecule has 0 heterocycles. The van der Waals surface area contributed by atoms with Crippen LogP contribution in [0.5, 0.6) is 5.75 Å². The van der Waals surface area contributed by atoms with Crippen molar-refractivity contribution in [2.24, 2.45) is 0 Å². The van der Waals surface area contributed by atoms with Crippen LogP contribution in [0.2, 0.25) is 0 Å². The van der Waals surface area contributed by atoms with Crippen molar-refractivity contribution in [3.05, 3.63) is 113 Å². The highest BCUT2D eigenvalue weighted by atomic mass is 19.2. The predicted octanol–water partition coefficient (Wildman–Crippen LogP) is 7.62. The van der Waals surface area contributed by atoms with Gasteiger partial charge in [-0.2, -0.15) is 0 Å². The summed E-state index contributed by atoms with van der Waals surface area (Å²) < 4.78 is 47.5. The molecule has 0 bridgehead atoms. The van der Waals surface area contributed by atoms with E-state index in [-0.39, 0.29) is 11.2 Å². The second-order valence-corrected chi connectivity index (χ2v) is 8.21. The van der Waals surface area contributed by atoms with Gasteiger partial charge in [-0.25, -0.2) is 13.2 Å². The Labute approximate surface area is 198 Å². The maximum absolute atomic E-state index is 14.6. The van der Waals surface area contributed by atoms with Crippen molar-refractivity contribution in [1.82, 2.24) is 0 Å². The van der Waals surface area contributed by atoms with Crippen molar-refractivity contribution in [2.45, 2.75) is 32.6 Å². The third-order valence-corrected chi connectivity index (χ3v) is 5.67. The quantitative estimate of drug-likeness (QED) is 0.204.